The fourth-order valence-corrected chi connectivity index (χ4v) is 2.20. The van der Waals surface area contributed by atoms with Gasteiger partial charge in [-0.15, -0.1) is 0 Å². The minimum absolute atomic E-state index is 0.0271. The second kappa shape index (κ2) is 8.08. The lowest BCUT2D eigenvalue weighted by molar-refractivity contribution is -0.146. The highest BCUT2D eigenvalue weighted by atomic mass is 16.5. The molecule has 0 aromatic carbocycles. The summed E-state index contributed by atoms with van der Waals surface area (Å²) in [5, 5.41) is 8.82. The van der Waals surface area contributed by atoms with Crippen LogP contribution in [0.2, 0.25) is 0 Å². The van der Waals surface area contributed by atoms with Crippen LogP contribution in [0.4, 0.5) is 0 Å². The van der Waals surface area contributed by atoms with Crippen LogP contribution in [-0.4, -0.2) is 47.7 Å². The molecule has 1 unspecified atom stereocenters. The van der Waals surface area contributed by atoms with Crippen molar-refractivity contribution in [1.82, 2.24) is 4.90 Å². The smallest absolute Gasteiger partial charge is 0.305 e. The van der Waals surface area contributed by atoms with Crippen LogP contribution in [-0.2, 0) is 14.3 Å². The maximum atomic E-state index is 12.0. The average Bonchev–Trinajstić information content (AvgIpc) is 2.34. The summed E-state index contributed by atoms with van der Waals surface area (Å²) in [5.74, 6) is -0.810. The fourth-order valence-electron chi connectivity index (χ4n) is 2.20. The number of carbonyl (C=O) groups excluding carboxylic acids is 1. The summed E-state index contributed by atoms with van der Waals surface area (Å²) in [6, 6.07) is -0.296. The molecule has 0 radical (unpaired) electrons. The normalized spacial score (nSPS) is 19.8. The monoisotopic (exact) mass is 257 g/mol. The van der Waals surface area contributed by atoms with Gasteiger partial charge in [-0.2, -0.15) is 0 Å². The highest BCUT2D eigenvalue weighted by molar-refractivity contribution is 5.77. The van der Waals surface area contributed by atoms with E-state index in [2.05, 4.69) is 6.92 Å². The van der Waals surface area contributed by atoms with Gasteiger partial charge in [0.1, 0.15) is 0 Å². The second-order valence-electron chi connectivity index (χ2n) is 4.72. The molecule has 1 fully saturated rings. The predicted molar refractivity (Wildman–Crippen MR) is 67.3 cm³/mol. The highest BCUT2D eigenvalue weighted by Gasteiger charge is 2.28. The zero-order valence-electron chi connectivity index (χ0n) is 11.1. The van der Waals surface area contributed by atoms with Gasteiger partial charge in [-0.3, -0.25) is 9.59 Å². The third-order valence-corrected chi connectivity index (χ3v) is 3.20. The first-order valence-corrected chi connectivity index (χ1v) is 6.74. The molecule has 0 aromatic heterocycles. The van der Waals surface area contributed by atoms with E-state index in [0.717, 1.165) is 25.7 Å². The van der Waals surface area contributed by atoms with Crippen LogP contribution >= 0.6 is 0 Å². The number of carboxylic acids is 1. The fraction of sp³-hybridized carbons (Fsp3) is 0.846. The molecule has 0 aliphatic carbocycles. The zero-order valence-corrected chi connectivity index (χ0v) is 11.1. The van der Waals surface area contributed by atoms with Crippen LogP contribution in [0.25, 0.3) is 0 Å². The quantitative estimate of drug-likeness (QED) is 0.704. The van der Waals surface area contributed by atoms with Crippen molar-refractivity contribution in [2.75, 3.05) is 19.8 Å². The Hall–Kier alpha value is -1.10. The minimum atomic E-state index is -0.880. The van der Waals surface area contributed by atoms with E-state index in [1.54, 1.807) is 4.90 Å². The van der Waals surface area contributed by atoms with Gasteiger partial charge in [-0.25, -0.2) is 0 Å². The third-order valence-electron chi connectivity index (χ3n) is 3.20. The number of carboxylic acid groups (broad SMARTS) is 1. The lowest BCUT2D eigenvalue weighted by Gasteiger charge is -2.35. The van der Waals surface area contributed by atoms with Crippen LogP contribution in [0.3, 0.4) is 0 Å². The largest absolute Gasteiger partial charge is 0.481 e. The lowest BCUT2D eigenvalue weighted by Crippen LogP contribution is -2.49. The van der Waals surface area contributed by atoms with Crippen molar-refractivity contribution in [2.45, 2.75) is 51.5 Å². The first-order chi connectivity index (χ1) is 8.65. The Bertz CT molecular complexity index is 280. The van der Waals surface area contributed by atoms with E-state index in [4.69, 9.17) is 9.84 Å². The maximum Gasteiger partial charge on any atom is 0.305 e. The summed E-state index contributed by atoms with van der Waals surface area (Å²) in [5.41, 5.74) is 0. The Morgan fingerprint density at radius 3 is 2.78 bits per heavy atom. The molecule has 0 spiro atoms. The highest BCUT2D eigenvalue weighted by Crippen LogP contribution is 2.14. The number of morpholine rings is 1. The van der Waals surface area contributed by atoms with Crippen LogP contribution in [0, 0.1) is 0 Å². The van der Waals surface area contributed by atoms with Crippen molar-refractivity contribution >= 4 is 11.9 Å². The Kier molecular flexibility index (Phi) is 6.72. The number of unbranched alkanes of at least 4 members (excludes halogenated alkanes) is 3. The van der Waals surface area contributed by atoms with Crippen LogP contribution < -0.4 is 0 Å². The van der Waals surface area contributed by atoms with Gasteiger partial charge in [0.05, 0.1) is 25.7 Å². The van der Waals surface area contributed by atoms with Gasteiger partial charge < -0.3 is 14.7 Å². The van der Waals surface area contributed by atoms with Gasteiger partial charge >= 0.3 is 5.97 Å². The van der Waals surface area contributed by atoms with E-state index < -0.39 is 5.97 Å². The first kappa shape index (κ1) is 15.0. The molecule has 5 nitrogen and oxygen atoms in total. The molecule has 1 atom stereocenters. The first-order valence-electron chi connectivity index (χ1n) is 6.74. The summed E-state index contributed by atoms with van der Waals surface area (Å²) in [4.78, 5) is 24.5. The predicted octanol–water partition coefficient (Wildman–Crippen LogP) is 1.66. The summed E-state index contributed by atoms with van der Waals surface area (Å²) in [6.45, 7) is 3.50. The Balaban J connectivity index is 2.39. The van der Waals surface area contributed by atoms with Gasteiger partial charge in [0.25, 0.3) is 0 Å². The number of nitrogens with zero attached hydrogens (tertiary/aromatic N) is 1. The van der Waals surface area contributed by atoms with Crippen molar-refractivity contribution in [1.29, 1.82) is 0 Å². The molecule has 0 saturated carbocycles. The second-order valence-corrected chi connectivity index (χ2v) is 4.72. The third kappa shape index (κ3) is 5.04. The van der Waals surface area contributed by atoms with E-state index in [0.29, 0.717) is 26.2 Å². The molecule has 18 heavy (non-hydrogen) atoms. The molecular formula is C13H23NO4. The number of ether oxygens (including phenoxy) is 1. The van der Waals surface area contributed by atoms with Crippen LogP contribution in [0.15, 0.2) is 0 Å². The van der Waals surface area contributed by atoms with Crippen molar-refractivity contribution in [2.24, 2.45) is 0 Å². The van der Waals surface area contributed by atoms with Crippen molar-refractivity contribution in [3.05, 3.63) is 0 Å². The van der Waals surface area contributed by atoms with E-state index in [1.165, 1.54) is 0 Å². The molecule has 1 heterocycles. The van der Waals surface area contributed by atoms with Crippen LogP contribution in [0.1, 0.15) is 45.4 Å². The van der Waals surface area contributed by atoms with E-state index in [1.807, 2.05) is 0 Å². The number of rotatable bonds is 7. The van der Waals surface area contributed by atoms with E-state index in [9.17, 15) is 9.59 Å². The summed E-state index contributed by atoms with van der Waals surface area (Å²) in [6.07, 6.45) is 4.75. The topological polar surface area (TPSA) is 66.8 Å². The molecule has 1 aliphatic rings. The molecule has 1 aliphatic heterocycles. The summed E-state index contributed by atoms with van der Waals surface area (Å²) < 4.78 is 5.25. The van der Waals surface area contributed by atoms with Gasteiger partial charge in [0.2, 0.25) is 5.91 Å². The molecule has 0 aromatic rings. The average molecular weight is 257 g/mol. The van der Waals surface area contributed by atoms with Gasteiger partial charge in [-0.05, 0) is 6.42 Å². The molecule has 0 bridgehead atoms. The van der Waals surface area contributed by atoms with E-state index in [-0.39, 0.29) is 18.4 Å². The van der Waals surface area contributed by atoms with Gasteiger partial charge in [0, 0.05) is 13.0 Å². The van der Waals surface area contributed by atoms with Crippen LogP contribution in [0.5, 0.6) is 0 Å². The van der Waals surface area contributed by atoms with Crippen molar-refractivity contribution in [3.8, 4) is 0 Å². The number of amides is 1. The SMILES string of the molecule is CCCCCCC(=O)N1CCOCC1CC(=O)O. The molecule has 104 valence electrons. The minimum Gasteiger partial charge on any atom is -0.481 e. The molecule has 1 amide bonds. The standard InChI is InChI=1S/C13H23NO4/c1-2-3-4-5-6-12(15)14-7-8-18-10-11(14)9-13(16)17/h11H,2-10H2,1H3,(H,16,17). The Labute approximate surface area is 108 Å². The van der Waals surface area contributed by atoms with Crippen molar-refractivity contribution < 1.29 is 19.4 Å². The maximum absolute atomic E-state index is 12.0. The Morgan fingerprint density at radius 1 is 1.33 bits per heavy atom. The molecule has 5 heteroatoms. The summed E-state index contributed by atoms with van der Waals surface area (Å²) in [7, 11) is 0. The lowest BCUT2D eigenvalue weighted by atomic mass is 10.1. The zero-order chi connectivity index (χ0) is 13.4. The molecule has 1 rings (SSSR count). The molecular weight excluding hydrogens is 234 g/mol. The van der Waals surface area contributed by atoms with E-state index >= 15 is 0 Å². The summed E-state index contributed by atoms with van der Waals surface area (Å²) >= 11 is 0. The number of hydrogen-bond donors (Lipinski definition) is 1. The number of hydrogen-bond acceptors (Lipinski definition) is 3. The molecule has 1 saturated heterocycles. The Morgan fingerprint density at radius 2 is 2.11 bits per heavy atom. The number of carbonyl (C=O) groups is 2. The molecule has 1 N–H and O–H groups in total. The number of aliphatic carboxylic acids is 1. The van der Waals surface area contributed by atoms with Gasteiger partial charge in [-0.1, -0.05) is 26.2 Å². The van der Waals surface area contributed by atoms with Crippen molar-refractivity contribution in [3.63, 3.8) is 0 Å². The van der Waals surface area contributed by atoms with Gasteiger partial charge in [0.15, 0.2) is 0 Å².